The second kappa shape index (κ2) is 22.6. The van der Waals surface area contributed by atoms with E-state index in [9.17, 15) is 0 Å². The molecule has 0 aliphatic carbocycles. The van der Waals surface area contributed by atoms with Crippen molar-refractivity contribution in [1.29, 1.82) is 0 Å². The first kappa shape index (κ1) is 22.4. The summed E-state index contributed by atoms with van der Waals surface area (Å²) in [4.78, 5) is 0. The SMILES string of the molecule is PPP.[Y].[Y].[Y]. The zero-order valence-electron chi connectivity index (χ0n) is 3.39. The van der Waals surface area contributed by atoms with Crippen LogP contribution in [0.1, 0.15) is 0 Å². The van der Waals surface area contributed by atoms with Crippen molar-refractivity contribution in [2.24, 2.45) is 0 Å². The summed E-state index contributed by atoms with van der Waals surface area (Å²) in [6.45, 7) is 0. The van der Waals surface area contributed by atoms with Gasteiger partial charge in [0, 0.05) is 98.1 Å². The molecule has 0 fully saturated rings. The maximum Gasteiger partial charge on any atom is 0 e. The maximum atomic E-state index is 2.57. The molecule has 0 amide bonds. The third-order valence-electron chi connectivity index (χ3n) is 0. The average molecular weight is 365 g/mol. The van der Waals surface area contributed by atoms with Crippen LogP contribution in [0.25, 0.3) is 0 Å². The van der Waals surface area contributed by atoms with Crippen LogP contribution in [0.2, 0.25) is 0 Å². The monoisotopic (exact) mass is 365 g/mol. The van der Waals surface area contributed by atoms with Crippen molar-refractivity contribution >= 4 is 25.8 Å². The maximum absolute atomic E-state index is 2.57. The van der Waals surface area contributed by atoms with E-state index in [2.05, 4.69) is 17.9 Å². The summed E-state index contributed by atoms with van der Waals surface area (Å²) < 4.78 is 0. The van der Waals surface area contributed by atoms with Gasteiger partial charge in [0.15, 0.2) is 0 Å². The van der Waals surface area contributed by atoms with Crippen LogP contribution in [0.4, 0.5) is 0 Å². The fourth-order valence-corrected chi connectivity index (χ4v) is 0. The zero-order valence-corrected chi connectivity index (χ0v) is 15.2. The van der Waals surface area contributed by atoms with Gasteiger partial charge in [-0.05, 0) is 0 Å². The minimum Gasteiger partial charge on any atom is -0.110 e. The molecule has 2 atom stereocenters. The first-order valence-electron chi connectivity index (χ1n) is 0.577. The van der Waals surface area contributed by atoms with Crippen molar-refractivity contribution in [3.63, 3.8) is 0 Å². The first-order chi connectivity index (χ1) is 1.41. The van der Waals surface area contributed by atoms with Crippen LogP contribution in [-0.2, 0) is 98.1 Å². The van der Waals surface area contributed by atoms with E-state index in [0.29, 0.717) is 0 Å². The molecule has 0 aliphatic heterocycles. The van der Waals surface area contributed by atoms with Crippen LogP contribution in [0, 0.1) is 0 Å². The van der Waals surface area contributed by atoms with Crippen molar-refractivity contribution in [2.45, 2.75) is 0 Å². The van der Waals surface area contributed by atoms with Gasteiger partial charge >= 0.3 is 0 Å². The van der Waals surface area contributed by atoms with Crippen LogP contribution in [0.5, 0.6) is 0 Å². The molecule has 0 saturated carbocycles. The molecule has 3 radical (unpaired) electrons. The number of hydrogen-bond donors (Lipinski definition) is 0. The second-order valence-electron chi connectivity index (χ2n) is 0.167. The Morgan fingerprint density at radius 3 is 0.833 bits per heavy atom. The third-order valence-corrected chi connectivity index (χ3v) is 0. The van der Waals surface area contributed by atoms with E-state index in [1.165, 1.54) is 0 Å². The third kappa shape index (κ3) is 23.5. The predicted molar refractivity (Wildman–Crippen MR) is 27.7 cm³/mol. The molecule has 0 N–H and O–H groups in total. The van der Waals surface area contributed by atoms with Crippen LogP contribution in [-0.4, -0.2) is 0 Å². The molecule has 0 aliphatic rings. The van der Waals surface area contributed by atoms with Gasteiger partial charge in [-0.2, -0.15) is 0 Å². The van der Waals surface area contributed by atoms with Crippen molar-refractivity contribution in [3.05, 3.63) is 0 Å². The van der Waals surface area contributed by atoms with Gasteiger partial charge in [-0.3, -0.25) is 0 Å². The number of hydrogen-bond acceptors (Lipinski definition) is 0. The van der Waals surface area contributed by atoms with Crippen LogP contribution in [0.15, 0.2) is 0 Å². The normalized spacial score (nSPS) is 3.00. The summed E-state index contributed by atoms with van der Waals surface area (Å²) >= 11 is 0. The molecule has 0 nitrogen and oxygen atoms in total. The molecule has 0 aromatic heterocycles. The minimum absolute atomic E-state index is 0. The predicted octanol–water partition coefficient (Wildman–Crippen LogP) is 1.24. The Morgan fingerprint density at radius 2 is 0.833 bits per heavy atom. The summed E-state index contributed by atoms with van der Waals surface area (Å²) in [5.74, 6) is 0. The van der Waals surface area contributed by atoms with Crippen molar-refractivity contribution in [2.75, 3.05) is 0 Å². The second-order valence-corrected chi connectivity index (χ2v) is 4.50. The molecule has 0 rings (SSSR count). The smallest absolute Gasteiger partial charge is 0 e. The molecule has 0 heterocycles. The standard InChI is InChI=1S/H5P3.3Y/c1-3-2;;;/h3H,1-2H2;;;. The molecule has 0 aromatic carbocycles. The van der Waals surface area contributed by atoms with Gasteiger partial charge in [0.1, 0.15) is 0 Å². The average Bonchev–Trinajstić information content (AvgIpc) is 0.918. The minimum atomic E-state index is 0. The molecule has 2 unspecified atom stereocenters. The van der Waals surface area contributed by atoms with Crippen LogP contribution >= 0.6 is 25.8 Å². The zero-order chi connectivity index (χ0) is 2.71. The van der Waals surface area contributed by atoms with Gasteiger partial charge in [-0.15, -0.1) is 17.9 Å². The van der Waals surface area contributed by atoms with Crippen molar-refractivity contribution < 1.29 is 98.1 Å². The fraction of sp³-hybridized carbons (Fsp3) is 0. The van der Waals surface area contributed by atoms with Gasteiger partial charge in [-0.25, -0.2) is 0 Å². The van der Waals surface area contributed by atoms with E-state index >= 15 is 0 Å². The summed E-state index contributed by atoms with van der Waals surface area (Å²) in [7, 11) is 6.06. The van der Waals surface area contributed by atoms with Gasteiger partial charge in [0.05, 0.1) is 0 Å². The van der Waals surface area contributed by atoms with Crippen molar-refractivity contribution in [3.8, 4) is 0 Å². The van der Waals surface area contributed by atoms with E-state index in [1.54, 1.807) is 0 Å². The van der Waals surface area contributed by atoms with E-state index in [0.717, 1.165) is 7.96 Å². The van der Waals surface area contributed by atoms with E-state index in [1.807, 2.05) is 0 Å². The Hall–Kier alpha value is 4.60. The molecule has 0 saturated heterocycles. The first-order valence-corrected chi connectivity index (χ1v) is 5.20. The molecule has 29 valence electrons. The summed E-state index contributed by atoms with van der Waals surface area (Å²) in [6, 6.07) is 0. The molecule has 0 spiro atoms. The van der Waals surface area contributed by atoms with Crippen LogP contribution in [0.3, 0.4) is 0 Å². The summed E-state index contributed by atoms with van der Waals surface area (Å²) in [5.41, 5.74) is 0. The molecule has 0 bridgehead atoms. The summed E-state index contributed by atoms with van der Waals surface area (Å²) in [5, 5.41) is 0. The fourth-order valence-electron chi connectivity index (χ4n) is 0. The van der Waals surface area contributed by atoms with Gasteiger partial charge in [-0.1, -0.05) is 7.96 Å². The van der Waals surface area contributed by atoms with Crippen molar-refractivity contribution in [1.82, 2.24) is 0 Å². The Kier molecular flexibility index (Phi) is 84.6. The Morgan fingerprint density at radius 1 is 0.833 bits per heavy atom. The van der Waals surface area contributed by atoms with E-state index in [4.69, 9.17) is 0 Å². The number of rotatable bonds is 0. The van der Waals surface area contributed by atoms with Crippen LogP contribution < -0.4 is 0 Å². The van der Waals surface area contributed by atoms with Gasteiger partial charge in [0.2, 0.25) is 0 Å². The molecule has 0 aromatic rings. The van der Waals surface area contributed by atoms with E-state index < -0.39 is 0 Å². The molecule has 6 heavy (non-hydrogen) atoms. The van der Waals surface area contributed by atoms with E-state index in [-0.39, 0.29) is 98.1 Å². The Labute approximate surface area is 121 Å². The topological polar surface area (TPSA) is 0 Å². The molecular formula is H5P3Y3. The van der Waals surface area contributed by atoms with Gasteiger partial charge in [0.25, 0.3) is 0 Å². The van der Waals surface area contributed by atoms with Gasteiger partial charge < -0.3 is 0 Å². The largest absolute Gasteiger partial charge is 0.110 e. The quantitative estimate of drug-likeness (QED) is 0.567. The summed E-state index contributed by atoms with van der Waals surface area (Å²) in [6.07, 6.45) is 0. The Balaban J connectivity index is -0.00000000667. The molecular weight excluding hydrogens is 360 g/mol. The Bertz CT molecular complexity index is 6.00. The molecule has 6 heteroatoms.